The molecule has 4 nitrogen and oxygen atoms in total. The highest BCUT2D eigenvalue weighted by atomic mass is 32.2. The van der Waals surface area contributed by atoms with E-state index in [1.165, 1.54) is 23.9 Å². The van der Waals surface area contributed by atoms with E-state index in [0.717, 1.165) is 4.90 Å². The summed E-state index contributed by atoms with van der Waals surface area (Å²) in [6, 6.07) is 5.87. The Morgan fingerprint density at radius 1 is 1.42 bits per heavy atom. The van der Waals surface area contributed by atoms with E-state index in [1.54, 1.807) is 12.1 Å². The average molecular weight is 283 g/mol. The van der Waals surface area contributed by atoms with Crippen molar-refractivity contribution in [2.24, 2.45) is 0 Å². The van der Waals surface area contributed by atoms with E-state index in [1.807, 2.05) is 0 Å². The first-order chi connectivity index (χ1) is 9.13. The number of carbonyl (C=O) groups is 2. The second kappa shape index (κ2) is 6.56. The van der Waals surface area contributed by atoms with Crippen molar-refractivity contribution in [1.29, 1.82) is 0 Å². The van der Waals surface area contributed by atoms with E-state index < -0.39 is 0 Å². The van der Waals surface area contributed by atoms with Crippen molar-refractivity contribution < 1.29 is 18.7 Å². The van der Waals surface area contributed by atoms with Crippen LogP contribution in [0.15, 0.2) is 29.2 Å². The molecule has 1 atom stereocenters. The summed E-state index contributed by atoms with van der Waals surface area (Å²) in [7, 11) is 0. The predicted octanol–water partition coefficient (Wildman–Crippen LogP) is 1.74. The summed E-state index contributed by atoms with van der Waals surface area (Å²) in [5.74, 6) is -0.465. The number of benzene rings is 1. The second-order valence-electron chi connectivity index (χ2n) is 4.23. The van der Waals surface area contributed by atoms with E-state index in [0.29, 0.717) is 12.8 Å². The van der Waals surface area contributed by atoms with Crippen LogP contribution in [0, 0.1) is 5.82 Å². The third-order valence-electron chi connectivity index (χ3n) is 2.70. The Kier molecular flexibility index (Phi) is 4.79. The van der Waals surface area contributed by atoms with Gasteiger partial charge < -0.3 is 10.1 Å². The molecule has 0 saturated carbocycles. The Bertz CT molecular complexity index is 463. The molecule has 1 amide bonds. The van der Waals surface area contributed by atoms with Crippen LogP contribution in [0.2, 0.25) is 0 Å². The molecule has 6 heteroatoms. The van der Waals surface area contributed by atoms with Crippen LogP contribution in [-0.4, -0.2) is 30.3 Å². The van der Waals surface area contributed by atoms with E-state index in [4.69, 9.17) is 4.74 Å². The van der Waals surface area contributed by atoms with Gasteiger partial charge in [-0.1, -0.05) is 0 Å². The molecule has 19 heavy (non-hydrogen) atoms. The fraction of sp³-hybridized carbons (Fsp3) is 0.385. The van der Waals surface area contributed by atoms with Crippen LogP contribution in [0.25, 0.3) is 0 Å². The van der Waals surface area contributed by atoms with E-state index in [2.05, 4.69) is 5.32 Å². The Labute approximate surface area is 114 Å². The molecule has 1 aliphatic rings. The zero-order chi connectivity index (χ0) is 13.7. The zero-order valence-corrected chi connectivity index (χ0v) is 11.0. The lowest BCUT2D eigenvalue weighted by Crippen LogP contribution is -2.31. The molecule has 102 valence electrons. The second-order valence-corrected chi connectivity index (χ2v) is 5.28. The Hall–Kier alpha value is -1.56. The summed E-state index contributed by atoms with van der Waals surface area (Å²) in [5.41, 5.74) is 0. The van der Waals surface area contributed by atoms with Crippen molar-refractivity contribution in [3.05, 3.63) is 30.1 Å². The molecular weight excluding hydrogens is 269 g/mol. The number of amides is 1. The summed E-state index contributed by atoms with van der Waals surface area (Å²) in [6.07, 6.45) is 1.20. The number of thioether (sulfide) groups is 1. The lowest BCUT2D eigenvalue weighted by Gasteiger charge is -2.10. The Balaban J connectivity index is 1.67. The number of rotatable bonds is 5. The third kappa shape index (κ3) is 4.55. The quantitative estimate of drug-likeness (QED) is 0.660. The Morgan fingerprint density at radius 3 is 2.79 bits per heavy atom. The van der Waals surface area contributed by atoms with Crippen molar-refractivity contribution >= 4 is 23.6 Å². The van der Waals surface area contributed by atoms with Crippen LogP contribution in [0.4, 0.5) is 4.39 Å². The van der Waals surface area contributed by atoms with Crippen molar-refractivity contribution in [3.63, 3.8) is 0 Å². The smallest absolute Gasteiger partial charge is 0.316 e. The highest BCUT2D eigenvalue weighted by Crippen LogP contribution is 2.18. The first kappa shape index (κ1) is 13.9. The van der Waals surface area contributed by atoms with E-state index in [9.17, 15) is 14.0 Å². The van der Waals surface area contributed by atoms with Crippen molar-refractivity contribution in [2.75, 3.05) is 12.4 Å². The fourth-order valence-corrected chi connectivity index (χ4v) is 2.41. The van der Waals surface area contributed by atoms with Crippen LogP contribution >= 0.6 is 11.8 Å². The molecule has 1 aliphatic heterocycles. The molecule has 1 saturated heterocycles. The van der Waals surface area contributed by atoms with Crippen LogP contribution in [0.1, 0.15) is 12.8 Å². The van der Waals surface area contributed by atoms with Crippen molar-refractivity contribution in [1.82, 2.24) is 5.32 Å². The summed E-state index contributed by atoms with van der Waals surface area (Å²) in [5, 5.41) is 2.72. The molecule has 0 aliphatic carbocycles. The molecule has 0 bridgehead atoms. The maximum Gasteiger partial charge on any atom is 0.316 e. The standard InChI is InChI=1S/C13H14FNO3S/c14-9-1-4-11(5-2-9)19-8-13(17)18-7-10-3-6-12(16)15-10/h1-2,4-5,10H,3,6-8H2,(H,15,16). The van der Waals surface area contributed by atoms with Gasteiger partial charge in [0.25, 0.3) is 0 Å². The van der Waals surface area contributed by atoms with E-state index in [-0.39, 0.29) is 36.1 Å². The number of hydrogen-bond acceptors (Lipinski definition) is 4. The molecule has 1 aromatic carbocycles. The third-order valence-corrected chi connectivity index (χ3v) is 3.69. The predicted molar refractivity (Wildman–Crippen MR) is 69.2 cm³/mol. The molecule has 1 aromatic rings. The molecule has 1 fully saturated rings. The minimum atomic E-state index is -0.338. The summed E-state index contributed by atoms with van der Waals surface area (Å²) < 4.78 is 17.7. The van der Waals surface area contributed by atoms with Gasteiger partial charge in [-0.3, -0.25) is 9.59 Å². The fourth-order valence-electron chi connectivity index (χ4n) is 1.71. The highest BCUT2D eigenvalue weighted by Gasteiger charge is 2.21. The van der Waals surface area contributed by atoms with Gasteiger partial charge in [-0.15, -0.1) is 11.8 Å². The van der Waals surface area contributed by atoms with Gasteiger partial charge in [0.15, 0.2) is 0 Å². The number of esters is 1. The number of hydrogen-bond donors (Lipinski definition) is 1. The van der Waals surface area contributed by atoms with Crippen LogP contribution in [0.5, 0.6) is 0 Å². The largest absolute Gasteiger partial charge is 0.463 e. The molecule has 0 radical (unpaired) electrons. The Morgan fingerprint density at radius 2 is 2.16 bits per heavy atom. The number of carbonyl (C=O) groups excluding carboxylic acids is 2. The van der Waals surface area contributed by atoms with Gasteiger partial charge in [0, 0.05) is 11.3 Å². The zero-order valence-electron chi connectivity index (χ0n) is 10.2. The number of ether oxygens (including phenoxy) is 1. The van der Waals surface area contributed by atoms with Gasteiger partial charge in [-0.05, 0) is 30.7 Å². The maximum atomic E-state index is 12.7. The molecule has 2 rings (SSSR count). The number of halogens is 1. The van der Waals surface area contributed by atoms with Gasteiger partial charge >= 0.3 is 5.97 Å². The number of nitrogens with one attached hydrogen (secondary N) is 1. The van der Waals surface area contributed by atoms with Gasteiger partial charge in [-0.25, -0.2) is 4.39 Å². The first-order valence-corrected chi connectivity index (χ1v) is 6.95. The SMILES string of the molecule is O=C1CCC(COC(=O)CSc2ccc(F)cc2)N1. The van der Waals surface area contributed by atoms with Crippen LogP contribution in [-0.2, 0) is 14.3 Å². The lowest BCUT2D eigenvalue weighted by molar-refractivity contribution is -0.141. The van der Waals surface area contributed by atoms with Crippen molar-refractivity contribution in [2.45, 2.75) is 23.8 Å². The van der Waals surface area contributed by atoms with Gasteiger partial charge in [0.05, 0.1) is 11.8 Å². The normalized spacial score (nSPS) is 18.2. The topological polar surface area (TPSA) is 55.4 Å². The molecule has 1 unspecified atom stereocenters. The average Bonchev–Trinajstić information content (AvgIpc) is 2.81. The molecule has 1 N–H and O–H groups in total. The highest BCUT2D eigenvalue weighted by molar-refractivity contribution is 8.00. The lowest BCUT2D eigenvalue weighted by atomic mass is 10.2. The molecule has 1 heterocycles. The molecule has 0 aromatic heterocycles. The summed E-state index contributed by atoms with van der Waals surface area (Å²) >= 11 is 1.29. The first-order valence-electron chi connectivity index (χ1n) is 5.97. The molecule has 0 spiro atoms. The summed E-state index contributed by atoms with van der Waals surface area (Å²) in [4.78, 5) is 23.3. The van der Waals surface area contributed by atoms with Crippen LogP contribution < -0.4 is 5.32 Å². The monoisotopic (exact) mass is 283 g/mol. The maximum absolute atomic E-state index is 12.7. The van der Waals surface area contributed by atoms with Gasteiger partial charge in [0.2, 0.25) is 5.91 Å². The van der Waals surface area contributed by atoms with E-state index >= 15 is 0 Å². The van der Waals surface area contributed by atoms with Crippen molar-refractivity contribution in [3.8, 4) is 0 Å². The van der Waals surface area contributed by atoms with Gasteiger partial charge in [0.1, 0.15) is 12.4 Å². The van der Waals surface area contributed by atoms with Gasteiger partial charge in [-0.2, -0.15) is 0 Å². The molecular formula is C13H14FNO3S. The summed E-state index contributed by atoms with van der Waals surface area (Å²) in [6.45, 7) is 0.217. The minimum absolute atomic E-state index is 0.00161. The van der Waals surface area contributed by atoms with Crippen LogP contribution in [0.3, 0.4) is 0 Å². The minimum Gasteiger partial charge on any atom is -0.463 e.